The van der Waals surface area contributed by atoms with Crippen LogP contribution in [-0.4, -0.2) is 37.0 Å². The number of halogens is 1. The Hall–Kier alpha value is -1.00. The summed E-state index contributed by atoms with van der Waals surface area (Å²) in [5.41, 5.74) is 0.866. The Morgan fingerprint density at radius 1 is 1.44 bits per heavy atom. The molecule has 1 amide bonds. The Kier molecular flexibility index (Phi) is 6.22. The fraction of sp³-hybridized carbons (Fsp3) is 0.615. The lowest BCUT2D eigenvalue weighted by Gasteiger charge is -2.17. The Balaban J connectivity index is 2.45. The zero-order chi connectivity index (χ0) is 13.5. The van der Waals surface area contributed by atoms with Gasteiger partial charge in [0.2, 0.25) is 0 Å². The predicted octanol–water partition coefficient (Wildman–Crippen LogP) is 2.40. The van der Waals surface area contributed by atoms with Crippen molar-refractivity contribution in [3.05, 3.63) is 23.2 Å². The highest BCUT2D eigenvalue weighted by molar-refractivity contribution is 6.17. The van der Waals surface area contributed by atoms with Gasteiger partial charge in [0.1, 0.15) is 5.76 Å². The van der Waals surface area contributed by atoms with Gasteiger partial charge in [-0.15, -0.1) is 11.6 Å². The smallest absolute Gasteiger partial charge is 0.287 e. The summed E-state index contributed by atoms with van der Waals surface area (Å²) in [5, 5.41) is 2.85. The highest BCUT2D eigenvalue weighted by atomic mass is 35.5. The van der Waals surface area contributed by atoms with Gasteiger partial charge < -0.3 is 14.6 Å². The van der Waals surface area contributed by atoms with Gasteiger partial charge in [-0.2, -0.15) is 0 Å². The first kappa shape index (κ1) is 15.1. The lowest BCUT2D eigenvalue weighted by molar-refractivity contribution is 0.0920. The fourth-order valence-electron chi connectivity index (χ4n) is 1.72. The van der Waals surface area contributed by atoms with Crippen molar-refractivity contribution in [3.8, 4) is 0 Å². The molecule has 0 spiro atoms. The Morgan fingerprint density at radius 2 is 2.11 bits per heavy atom. The Morgan fingerprint density at radius 3 is 2.61 bits per heavy atom. The van der Waals surface area contributed by atoms with E-state index in [1.807, 2.05) is 6.92 Å². The van der Waals surface area contributed by atoms with E-state index in [0.29, 0.717) is 23.9 Å². The molecule has 0 bridgehead atoms. The maximum Gasteiger partial charge on any atom is 0.287 e. The maximum absolute atomic E-state index is 11.8. The molecule has 1 rings (SSSR count). The van der Waals surface area contributed by atoms with Crippen molar-refractivity contribution in [1.82, 2.24) is 10.2 Å². The van der Waals surface area contributed by atoms with Crippen LogP contribution in [0.15, 0.2) is 10.5 Å². The summed E-state index contributed by atoms with van der Waals surface area (Å²) in [5.74, 6) is 1.23. The van der Waals surface area contributed by atoms with E-state index in [2.05, 4.69) is 24.1 Å². The summed E-state index contributed by atoms with van der Waals surface area (Å²) in [4.78, 5) is 14.1. The first-order valence-corrected chi connectivity index (χ1v) is 6.81. The van der Waals surface area contributed by atoms with Crippen molar-refractivity contribution in [2.75, 3.05) is 26.2 Å². The van der Waals surface area contributed by atoms with Gasteiger partial charge >= 0.3 is 0 Å². The van der Waals surface area contributed by atoms with E-state index >= 15 is 0 Å². The minimum atomic E-state index is -0.179. The first-order chi connectivity index (χ1) is 8.62. The summed E-state index contributed by atoms with van der Waals surface area (Å²) in [6.45, 7) is 9.47. The van der Waals surface area contributed by atoms with Crippen molar-refractivity contribution < 1.29 is 9.21 Å². The molecule has 0 aliphatic rings. The van der Waals surface area contributed by atoms with E-state index in [9.17, 15) is 4.79 Å². The van der Waals surface area contributed by atoms with E-state index in [1.165, 1.54) is 0 Å². The molecule has 1 heterocycles. The van der Waals surface area contributed by atoms with E-state index in [0.717, 1.165) is 25.2 Å². The molecule has 1 N–H and O–H groups in total. The first-order valence-electron chi connectivity index (χ1n) is 6.28. The molecular weight excluding hydrogens is 252 g/mol. The van der Waals surface area contributed by atoms with Crippen LogP contribution in [0.5, 0.6) is 0 Å². The monoisotopic (exact) mass is 272 g/mol. The SMILES string of the molecule is CCN(CC)CCNC(=O)c1cc(CCl)c(C)o1. The maximum atomic E-state index is 11.8. The van der Waals surface area contributed by atoms with Crippen LogP contribution < -0.4 is 5.32 Å². The van der Waals surface area contributed by atoms with E-state index < -0.39 is 0 Å². The summed E-state index contributed by atoms with van der Waals surface area (Å²) in [7, 11) is 0. The van der Waals surface area contributed by atoms with Crippen LogP contribution in [0.4, 0.5) is 0 Å². The standard InChI is InChI=1S/C13H21ClN2O2/c1-4-16(5-2)7-6-15-13(17)12-8-11(9-14)10(3)18-12/h8H,4-7,9H2,1-3H3,(H,15,17). The number of likely N-dealkylation sites (N-methyl/N-ethyl adjacent to an activating group) is 1. The van der Waals surface area contributed by atoms with Crippen molar-refractivity contribution in [3.63, 3.8) is 0 Å². The molecular formula is C13H21ClN2O2. The molecule has 0 fully saturated rings. The van der Waals surface area contributed by atoms with E-state index in [4.69, 9.17) is 16.0 Å². The van der Waals surface area contributed by atoms with Crippen LogP contribution in [0, 0.1) is 6.92 Å². The second-order valence-electron chi connectivity index (χ2n) is 4.11. The molecule has 0 aromatic carbocycles. The number of hydrogen-bond acceptors (Lipinski definition) is 3. The van der Waals surface area contributed by atoms with Crippen LogP contribution in [0.25, 0.3) is 0 Å². The number of furan rings is 1. The molecule has 1 aromatic heterocycles. The zero-order valence-electron chi connectivity index (χ0n) is 11.3. The minimum absolute atomic E-state index is 0.179. The topological polar surface area (TPSA) is 45.5 Å². The van der Waals surface area contributed by atoms with Gasteiger partial charge in [-0.3, -0.25) is 4.79 Å². The quantitative estimate of drug-likeness (QED) is 0.776. The Bertz CT molecular complexity index is 386. The van der Waals surface area contributed by atoms with E-state index in [-0.39, 0.29) is 5.91 Å². The van der Waals surface area contributed by atoms with Crippen LogP contribution in [0.1, 0.15) is 35.7 Å². The van der Waals surface area contributed by atoms with Crippen molar-refractivity contribution >= 4 is 17.5 Å². The van der Waals surface area contributed by atoms with Crippen molar-refractivity contribution in [2.45, 2.75) is 26.7 Å². The third-order valence-corrected chi connectivity index (χ3v) is 3.28. The predicted molar refractivity (Wildman–Crippen MR) is 73.1 cm³/mol. The fourth-order valence-corrected chi connectivity index (χ4v) is 1.98. The van der Waals surface area contributed by atoms with E-state index in [1.54, 1.807) is 6.07 Å². The van der Waals surface area contributed by atoms with Crippen LogP contribution in [0.2, 0.25) is 0 Å². The minimum Gasteiger partial charge on any atom is -0.456 e. The normalized spacial score (nSPS) is 10.9. The lowest BCUT2D eigenvalue weighted by atomic mass is 10.3. The third kappa shape index (κ3) is 4.03. The van der Waals surface area contributed by atoms with Gasteiger partial charge in [-0.1, -0.05) is 13.8 Å². The molecule has 0 radical (unpaired) electrons. The second kappa shape index (κ2) is 7.44. The number of alkyl halides is 1. The highest BCUT2D eigenvalue weighted by Gasteiger charge is 2.13. The number of carbonyl (C=O) groups excluding carboxylic acids is 1. The number of nitrogens with one attached hydrogen (secondary N) is 1. The van der Waals surface area contributed by atoms with Gasteiger partial charge in [0.05, 0.1) is 5.88 Å². The summed E-state index contributed by atoms with van der Waals surface area (Å²) in [6.07, 6.45) is 0. The molecule has 0 aliphatic heterocycles. The molecule has 4 nitrogen and oxygen atoms in total. The number of nitrogens with zero attached hydrogens (tertiary/aromatic N) is 1. The number of amides is 1. The molecule has 1 aromatic rings. The third-order valence-electron chi connectivity index (χ3n) is 3.00. The summed E-state index contributed by atoms with van der Waals surface area (Å²) >= 11 is 5.74. The zero-order valence-corrected chi connectivity index (χ0v) is 12.0. The highest BCUT2D eigenvalue weighted by Crippen LogP contribution is 2.16. The molecule has 0 saturated carbocycles. The largest absolute Gasteiger partial charge is 0.456 e. The number of hydrogen-bond donors (Lipinski definition) is 1. The van der Waals surface area contributed by atoms with Gasteiger partial charge in [0, 0.05) is 18.7 Å². The van der Waals surface area contributed by atoms with Crippen LogP contribution in [0.3, 0.4) is 0 Å². The van der Waals surface area contributed by atoms with Gasteiger partial charge in [-0.05, 0) is 26.1 Å². The molecule has 5 heteroatoms. The Labute approximate surface area is 113 Å². The molecule has 0 atom stereocenters. The van der Waals surface area contributed by atoms with Gasteiger partial charge in [0.15, 0.2) is 5.76 Å². The number of aryl methyl sites for hydroxylation is 1. The number of carbonyl (C=O) groups is 1. The number of rotatable bonds is 7. The summed E-state index contributed by atoms with van der Waals surface area (Å²) < 4.78 is 5.37. The van der Waals surface area contributed by atoms with Crippen molar-refractivity contribution in [2.24, 2.45) is 0 Å². The van der Waals surface area contributed by atoms with Crippen LogP contribution in [-0.2, 0) is 5.88 Å². The molecule has 0 aliphatic carbocycles. The molecule has 0 unspecified atom stereocenters. The average Bonchev–Trinajstić information content (AvgIpc) is 2.76. The van der Waals surface area contributed by atoms with Crippen LogP contribution >= 0.6 is 11.6 Å². The van der Waals surface area contributed by atoms with Gasteiger partial charge in [0.25, 0.3) is 5.91 Å². The van der Waals surface area contributed by atoms with Gasteiger partial charge in [-0.25, -0.2) is 0 Å². The van der Waals surface area contributed by atoms with Crippen molar-refractivity contribution in [1.29, 1.82) is 0 Å². The molecule has 0 saturated heterocycles. The average molecular weight is 273 g/mol. The molecule has 102 valence electrons. The molecule has 18 heavy (non-hydrogen) atoms. The second-order valence-corrected chi connectivity index (χ2v) is 4.38. The summed E-state index contributed by atoms with van der Waals surface area (Å²) in [6, 6.07) is 1.70. The lowest BCUT2D eigenvalue weighted by Crippen LogP contribution is -2.34.